The molecule has 0 aromatic rings. The minimum absolute atomic E-state index is 0.273. The maximum atomic E-state index is 9.20. The zero-order chi connectivity index (χ0) is 9.47. The Balaban J connectivity index is 2.16. The summed E-state index contributed by atoms with van der Waals surface area (Å²) in [5.74, 6) is 1.09. The van der Waals surface area contributed by atoms with E-state index in [4.69, 9.17) is 9.47 Å². The largest absolute Gasteiger partial charge is 0.396 e. The van der Waals surface area contributed by atoms with Crippen LogP contribution < -0.4 is 0 Å². The summed E-state index contributed by atoms with van der Waals surface area (Å²) in [6.45, 7) is 0.273. The summed E-state index contributed by atoms with van der Waals surface area (Å²) >= 11 is 0. The van der Waals surface area contributed by atoms with Gasteiger partial charge in [0.15, 0.2) is 5.79 Å². The molecular weight excluding hydrogens is 168 g/mol. The van der Waals surface area contributed by atoms with Crippen molar-refractivity contribution in [1.29, 1.82) is 0 Å². The van der Waals surface area contributed by atoms with Crippen LogP contribution in [-0.4, -0.2) is 31.7 Å². The molecule has 13 heavy (non-hydrogen) atoms. The molecule has 3 heteroatoms. The lowest BCUT2D eigenvalue weighted by molar-refractivity contribution is -0.246. The summed E-state index contributed by atoms with van der Waals surface area (Å²) in [4.78, 5) is 0. The molecule has 76 valence electrons. The minimum Gasteiger partial charge on any atom is -0.396 e. The smallest absolute Gasteiger partial charge is 0.170 e. The molecule has 0 aromatic carbocycles. The summed E-state index contributed by atoms with van der Waals surface area (Å²) in [5.41, 5.74) is 0. The van der Waals surface area contributed by atoms with Gasteiger partial charge in [-0.3, -0.25) is 0 Å². The maximum Gasteiger partial charge on any atom is 0.170 e. The van der Waals surface area contributed by atoms with E-state index in [-0.39, 0.29) is 6.61 Å². The standard InChI is InChI=1S/C10H18O3/c1-12-10(13-2)5-7-3-8(6-11)9(10)4-7/h7-9,11H,3-6H2,1-2H3/t7-,8-,9-/m1/s1. The van der Waals surface area contributed by atoms with Gasteiger partial charge in [0.25, 0.3) is 0 Å². The summed E-state index contributed by atoms with van der Waals surface area (Å²) in [6, 6.07) is 0. The van der Waals surface area contributed by atoms with Crippen LogP contribution in [0.2, 0.25) is 0 Å². The van der Waals surface area contributed by atoms with Crippen molar-refractivity contribution in [2.75, 3.05) is 20.8 Å². The van der Waals surface area contributed by atoms with Crippen LogP contribution in [0.4, 0.5) is 0 Å². The van der Waals surface area contributed by atoms with Crippen molar-refractivity contribution >= 4 is 0 Å². The lowest BCUT2D eigenvalue weighted by Gasteiger charge is -2.38. The molecule has 0 spiro atoms. The average molecular weight is 186 g/mol. The summed E-state index contributed by atoms with van der Waals surface area (Å²) in [7, 11) is 3.41. The first-order valence-corrected chi connectivity index (χ1v) is 4.97. The highest BCUT2D eigenvalue weighted by molar-refractivity contribution is 5.01. The molecule has 0 aromatic heterocycles. The van der Waals surface area contributed by atoms with Crippen LogP contribution in [0.25, 0.3) is 0 Å². The number of hydrogen-bond acceptors (Lipinski definition) is 3. The Kier molecular flexibility index (Phi) is 2.34. The fourth-order valence-electron chi connectivity index (χ4n) is 3.25. The molecule has 1 N–H and O–H groups in total. The summed E-state index contributed by atoms with van der Waals surface area (Å²) in [6.07, 6.45) is 3.31. The fourth-order valence-corrected chi connectivity index (χ4v) is 3.25. The Labute approximate surface area is 79.0 Å². The van der Waals surface area contributed by atoms with E-state index < -0.39 is 5.79 Å². The van der Waals surface area contributed by atoms with E-state index >= 15 is 0 Å². The Morgan fingerprint density at radius 1 is 1.31 bits per heavy atom. The van der Waals surface area contributed by atoms with Gasteiger partial charge in [-0.15, -0.1) is 0 Å². The predicted octanol–water partition coefficient (Wildman–Crippen LogP) is 1.01. The van der Waals surface area contributed by atoms with Gasteiger partial charge in [-0.1, -0.05) is 0 Å². The molecule has 2 rings (SSSR count). The predicted molar refractivity (Wildman–Crippen MR) is 48.2 cm³/mol. The SMILES string of the molecule is COC1(OC)C[C@@H]2C[C@H](CO)[C@H]1C2. The number of rotatable bonds is 3. The third-order valence-corrected chi connectivity index (χ3v) is 3.86. The molecule has 0 radical (unpaired) electrons. The maximum absolute atomic E-state index is 9.20. The van der Waals surface area contributed by atoms with E-state index in [1.165, 1.54) is 0 Å². The highest BCUT2D eigenvalue weighted by Crippen LogP contribution is 2.55. The van der Waals surface area contributed by atoms with Gasteiger partial charge in [-0.2, -0.15) is 0 Å². The van der Waals surface area contributed by atoms with Gasteiger partial charge >= 0.3 is 0 Å². The van der Waals surface area contributed by atoms with Crippen LogP contribution in [0.3, 0.4) is 0 Å². The highest BCUT2D eigenvalue weighted by Gasteiger charge is 2.56. The third kappa shape index (κ3) is 1.22. The molecule has 0 unspecified atom stereocenters. The van der Waals surface area contributed by atoms with Gasteiger partial charge in [0.1, 0.15) is 0 Å². The molecule has 3 atom stereocenters. The van der Waals surface area contributed by atoms with Gasteiger partial charge in [-0.05, 0) is 24.7 Å². The molecular formula is C10H18O3. The van der Waals surface area contributed by atoms with Gasteiger partial charge in [-0.25, -0.2) is 0 Å². The lowest BCUT2D eigenvalue weighted by atomic mass is 9.84. The Hall–Kier alpha value is -0.120. The molecule has 2 bridgehead atoms. The number of aliphatic hydroxyl groups excluding tert-OH is 1. The van der Waals surface area contributed by atoms with E-state index in [0.29, 0.717) is 17.8 Å². The van der Waals surface area contributed by atoms with Crippen molar-refractivity contribution in [3.8, 4) is 0 Å². The topological polar surface area (TPSA) is 38.7 Å². The second kappa shape index (κ2) is 3.23. The molecule has 0 heterocycles. The van der Waals surface area contributed by atoms with E-state index in [1.54, 1.807) is 14.2 Å². The Bertz CT molecular complexity index is 189. The van der Waals surface area contributed by atoms with Crippen molar-refractivity contribution in [1.82, 2.24) is 0 Å². The fraction of sp³-hybridized carbons (Fsp3) is 1.00. The van der Waals surface area contributed by atoms with Crippen LogP contribution in [0.1, 0.15) is 19.3 Å². The molecule has 2 saturated carbocycles. The van der Waals surface area contributed by atoms with E-state index in [1.807, 2.05) is 0 Å². The molecule has 0 amide bonds. The van der Waals surface area contributed by atoms with Crippen molar-refractivity contribution < 1.29 is 14.6 Å². The first-order valence-electron chi connectivity index (χ1n) is 4.97. The van der Waals surface area contributed by atoms with Crippen LogP contribution in [0.15, 0.2) is 0 Å². The van der Waals surface area contributed by atoms with Crippen LogP contribution in [0.5, 0.6) is 0 Å². The Morgan fingerprint density at radius 3 is 2.46 bits per heavy atom. The lowest BCUT2D eigenvalue weighted by Crippen LogP contribution is -2.44. The Morgan fingerprint density at radius 2 is 2.00 bits per heavy atom. The quantitative estimate of drug-likeness (QED) is 0.669. The number of ether oxygens (including phenoxy) is 2. The molecule has 2 aliphatic carbocycles. The van der Waals surface area contributed by atoms with Crippen molar-refractivity contribution in [3.63, 3.8) is 0 Å². The highest BCUT2D eigenvalue weighted by atomic mass is 16.7. The van der Waals surface area contributed by atoms with E-state index in [0.717, 1.165) is 19.3 Å². The van der Waals surface area contributed by atoms with Crippen LogP contribution in [0, 0.1) is 17.8 Å². The monoisotopic (exact) mass is 186 g/mol. The molecule has 0 saturated heterocycles. The number of fused-ring (bicyclic) bond motifs is 2. The second-order valence-electron chi connectivity index (χ2n) is 4.31. The number of methoxy groups -OCH3 is 2. The molecule has 0 aliphatic heterocycles. The van der Waals surface area contributed by atoms with Crippen molar-refractivity contribution in [3.05, 3.63) is 0 Å². The molecule has 2 fully saturated rings. The normalized spacial score (nSPS) is 41.3. The van der Waals surface area contributed by atoms with Gasteiger partial charge in [0.2, 0.25) is 0 Å². The number of aliphatic hydroxyl groups is 1. The van der Waals surface area contributed by atoms with Gasteiger partial charge in [0, 0.05) is 33.2 Å². The van der Waals surface area contributed by atoms with Crippen molar-refractivity contribution in [2.24, 2.45) is 17.8 Å². The number of hydrogen-bond donors (Lipinski definition) is 1. The average Bonchev–Trinajstić information content (AvgIpc) is 2.73. The summed E-state index contributed by atoms with van der Waals surface area (Å²) < 4.78 is 11.0. The second-order valence-corrected chi connectivity index (χ2v) is 4.31. The van der Waals surface area contributed by atoms with Crippen LogP contribution in [-0.2, 0) is 9.47 Å². The zero-order valence-corrected chi connectivity index (χ0v) is 8.32. The zero-order valence-electron chi connectivity index (χ0n) is 8.32. The van der Waals surface area contributed by atoms with E-state index in [2.05, 4.69) is 0 Å². The van der Waals surface area contributed by atoms with E-state index in [9.17, 15) is 5.11 Å². The first-order chi connectivity index (χ1) is 6.25. The molecule has 3 nitrogen and oxygen atoms in total. The first kappa shape index (κ1) is 9.44. The third-order valence-electron chi connectivity index (χ3n) is 3.86. The van der Waals surface area contributed by atoms with Gasteiger partial charge in [0.05, 0.1) is 0 Å². The summed E-state index contributed by atoms with van der Waals surface area (Å²) in [5, 5.41) is 9.20. The van der Waals surface area contributed by atoms with Gasteiger partial charge < -0.3 is 14.6 Å². The molecule has 2 aliphatic rings. The van der Waals surface area contributed by atoms with Crippen LogP contribution >= 0.6 is 0 Å². The van der Waals surface area contributed by atoms with Crippen molar-refractivity contribution in [2.45, 2.75) is 25.0 Å². The minimum atomic E-state index is -0.393.